The van der Waals surface area contributed by atoms with E-state index in [1.807, 2.05) is 20.9 Å². The number of nitrogens with one attached hydrogen (secondary N) is 1. The van der Waals surface area contributed by atoms with Crippen LogP contribution < -0.4 is 5.32 Å². The molecule has 5 nitrogen and oxygen atoms in total. The molecule has 1 N–H and O–H groups in total. The number of hydrogen-bond acceptors (Lipinski definition) is 5. The normalized spacial score (nSPS) is 22.2. The third kappa shape index (κ3) is 4.43. The molecule has 1 heterocycles. The Kier molecular flexibility index (Phi) is 6.92. The second-order valence-electron chi connectivity index (χ2n) is 5.82. The molecule has 0 saturated carbocycles. The lowest BCUT2D eigenvalue weighted by Gasteiger charge is -2.39. The fourth-order valence-electron chi connectivity index (χ4n) is 2.95. The average Bonchev–Trinajstić information content (AvgIpc) is 2.47. The summed E-state index contributed by atoms with van der Waals surface area (Å²) in [7, 11) is 3.25. The quantitative estimate of drug-likeness (QED) is 0.717. The average molecular weight is 286 g/mol. The first-order valence-corrected chi connectivity index (χ1v) is 7.59. The minimum Gasteiger partial charge on any atom is -0.468 e. The van der Waals surface area contributed by atoms with Crippen molar-refractivity contribution in [2.45, 2.75) is 57.7 Å². The van der Waals surface area contributed by atoms with Gasteiger partial charge in [0, 0.05) is 25.7 Å². The van der Waals surface area contributed by atoms with Crippen LogP contribution in [0.4, 0.5) is 0 Å². The molecule has 0 bridgehead atoms. The molecule has 0 aromatic rings. The summed E-state index contributed by atoms with van der Waals surface area (Å²) in [5.41, 5.74) is -0.620. The molecule has 1 saturated heterocycles. The summed E-state index contributed by atoms with van der Waals surface area (Å²) in [5, 5.41) is 3.10. The molecule has 0 amide bonds. The fourth-order valence-corrected chi connectivity index (χ4v) is 2.95. The van der Waals surface area contributed by atoms with Crippen LogP contribution in [0.1, 0.15) is 40.0 Å². The maximum absolute atomic E-state index is 11.9. The Morgan fingerprint density at radius 2 is 2.05 bits per heavy atom. The van der Waals surface area contributed by atoms with Crippen molar-refractivity contribution < 1.29 is 14.3 Å². The molecular formula is C15H30N2O3. The van der Waals surface area contributed by atoms with Crippen molar-refractivity contribution in [1.82, 2.24) is 10.2 Å². The monoisotopic (exact) mass is 286 g/mol. The molecule has 0 aliphatic carbocycles. The number of hydrogen-bond donors (Lipinski definition) is 1. The lowest BCUT2D eigenvalue weighted by Crippen LogP contribution is -2.53. The van der Waals surface area contributed by atoms with Gasteiger partial charge in [-0.15, -0.1) is 0 Å². The predicted molar refractivity (Wildman–Crippen MR) is 79.8 cm³/mol. The van der Waals surface area contributed by atoms with E-state index in [1.54, 1.807) is 0 Å². The number of likely N-dealkylation sites (N-methyl/N-ethyl adjacent to an activating group) is 1. The van der Waals surface area contributed by atoms with Crippen molar-refractivity contribution in [2.24, 2.45) is 0 Å². The molecule has 1 aliphatic heterocycles. The predicted octanol–water partition coefficient (Wildman–Crippen LogP) is 1.42. The molecule has 0 spiro atoms. The number of rotatable bonds is 7. The molecule has 0 radical (unpaired) electrons. The number of carbonyl (C=O) groups excluding carboxylic acids is 1. The minimum atomic E-state index is -0.620. The van der Waals surface area contributed by atoms with Crippen LogP contribution in [0, 0.1) is 0 Å². The van der Waals surface area contributed by atoms with Crippen LogP contribution in [0.2, 0.25) is 0 Å². The molecule has 0 aromatic carbocycles. The molecule has 2 unspecified atom stereocenters. The van der Waals surface area contributed by atoms with Crippen molar-refractivity contribution in [3.63, 3.8) is 0 Å². The van der Waals surface area contributed by atoms with Gasteiger partial charge in [0.05, 0.1) is 13.2 Å². The Balaban J connectivity index is 2.50. The summed E-state index contributed by atoms with van der Waals surface area (Å²) < 4.78 is 10.6. The van der Waals surface area contributed by atoms with E-state index >= 15 is 0 Å². The van der Waals surface area contributed by atoms with Gasteiger partial charge < -0.3 is 19.7 Å². The molecule has 0 aromatic heterocycles. The summed E-state index contributed by atoms with van der Waals surface area (Å²) >= 11 is 0. The van der Waals surface area contributed by atoms with Crippen molar-refractivity contribution in [3.8, 4) is 0 Å². The van der Waals surface area contributed by atoms with E-state index in [-0.39, 0.29) is 5.97 Å². The Morgan fingerprint density at radius 1 is 1.45 bits per heavy atom. The van der Waals surface area contributed by atoms with Crippen molar-refractivity contribution in [3.05, 3.63) is 0 Å². The number of likely N-dealkylation sites (tertiary alicyclic amines) is 1. The molecule has 20 heavy (non-hydrogen) atoms. The highest BCUT2D eigenvalue weighted by molar-refractivity contribution is 5.80. The summed E-state index contributed by atoms with van der Waals surface area (Å²) in [6, 6.07) is 0.342. The molecular weight excluding hydrogens is 256 g/mol. The van der Waals surface area contributed by atoms with Crippen molar-refractivity contribution in [1.29, 1.82) is 0 Å². The van der Waals surface area contributed by atoms with Gasteiger partial charge in [-0.2, -0.15) is 0 Å². The SMILES string of the molecule is CCOC1CCN(C(C)CC(C)(NC)C(=O)OC)CC1. The summed E-state index contributed by atoms with van der Waals surface area (Å²) in [6.45, 7) is 8.99. The molecule has 5 heteroatoms. The topological polar surface area (TPSA) is 50.8 Å². The van der Waals surface area contributed by atoms with Gasteiger partial charge in [-0.05, 0) is 47.1 Å². The van der Waals surface area contributed by atoms with Gasteiger partial charge in [-0.25, -0.2) is 0 Å². The zero-order valence-electron chi connectivity index (χ0n) is 13.6. The lowest BCUT2D eigenvalue weighted by atomic mass is 9.92. The molecule has 1 rings (SSSR count). The van der Waals surface area contributed by atoms with E-state index < -0.39 is 5.54 Å². The summed E-state index contributed by atoms with van der Waals surface area (Å²) in [5.74, 6) is -0.198. The first-order chi connectivity index (χ1) is 9.46. The smallest absolute Gasteiger partial charge is 0.325 e. The Morgan fingerprint density at radius 3 is 2.50 bits per heavy atom. The highest BCUT2D eigenvalue weighted by atomic mass is 16.5. The van der Waals surface area contributed by atoms with Crippen LogP contribution in [-0.4, -0.2) is 62.4 Å². The maximum atomic E-state index is 11.9. The van der Waals surface area contributed by atoms with Crippen LogP contribution >= 0.6 is 0 Å². The van der Waals surface area contributed by atoms with E-state index in [1.165, 1.54) is 7.11 Å². The lowest BCUT2D eigenvalue weighted by molar-refractivity contribution is -0.148. The number of esters is 1. The number of carbonyl (C=O) groups is 1. The van der Waals surface area contributed by atoms with Crippen LogP contribution in [0.5, 0.6) is 0 Å². The van der Waals surface area contributed by atoms with Crippen molar-refractivity contribution in [2.75, 3.05) is 33.9 Å². The third-order valence-electron chi connectivity index (χ3n) is 4.39. The zero-order chi connectivity index (χ0) is 15.2. The highest BCUT2D eigenvalue weighted by Gasteiger charge is 2.36. The van der Waals surface area contributed by atoms with Gasteiger partial charge >= 0.3 is 5.97 Å². The number of nitrogens with zero attached hydrogens (tertiary/aromatic N) is 1. The van der Waals surface area contributed by atoms with E-state index in [2.05, 4.69) is 17.1 Å². The first kappa shape index (κ1) is 17.4. The number of piperidine rings is 1. The summed E-state index contributed by atoms with van der Waals surface area (Å²) in [4.78, 5) is 14.3. The zero-order valence-corrected chi connectivity index (χ0v) is 13.6. The second kappa shape index (κ2) is 7.96. The molecule has 1 aliphatic rings. The molecule has 118 valence electrons. The highest BCUT2D eigenvalue weighted by Crippen LogP contribution is 2.22. The Hall–Kier alpha value is -0.650. The number of methoxy groups -OCH3 is 1. The van der Waals surface area contributed by atoms with E-state index in [9.17, 15) is 4.79 Å². The van der Waals surface area contributed by atoms with Crippen LogP contribution in [0.25, 0.3) is 0 Å². The molecule has 1 fully saturated rings. The fraction of sp³-hybridized carbons (Fsp3) is 0.933. The van der Waals surface area contributed by atoms with Gasteiger partial charge in [0.1, 0.15) is 5.54 Å². The van der Waals surface area contributed by atoms with Crippen molar-refractivity contribution >= 4 is 5.97 Å². The third-order valence-corrected chi connectivity index (χ3v) is 4.39. The van der Waals surface area contributed by atoms with Gasteiger partial charge in [0.25, 0.3) is 0 Å². The maximum Gasteiger partial charge on any atom is 0.325 e. The first-order valence-electron chi connectivity index (χ1n) is 7.59. The van der Waals surface area contributed by atoms with Gasteiger partial charge in [0.2, 0.25) is 0 Å². The van der Waals surface area contributed by atoms with Gasteiger partial charge in [-0.1, -0.05) is 0 Å². The minimum absolute atomic E-state index is 0.198. The van der Waals surface area contributed by atoms with Crippen LogP contribution in [0.3, 0.4) is 0 Å². The molecule has 2 atom stereocenters. The van der Waals surface area contributed by atoms with E-state index in [0.717, 1.165) is 39.0 Å². The van der Waals surface area contributed by atoms with Gasteiger partial charge in [0.15, 0.2) is 0 Å². The van der Waals surface area contributed by atoms with E-state index in [0.29, 0.717) is 12.1 Å². The standard InChI is InChI=1S/C15H30N2O3/c1-6-20-13-7-9-17(10-8-13)12(2)11-15(3,16-4)14(18)19-5/h12-13,16H,6-11H2,1-5H3. The Bertz CT molecular complexity index is 303. The summed E-state index contributed by atoms with van der Waals surface area (Å²) in [6.07, 6.45) is 3.30. The van der Waals surface area contributed by atoms with Gasteiger partial charge in [-0.3, -0.25) is 4.79 Å². The van der Waals surface area contributed by atoms with Crippen LogP contribution in [-0.2, 0) is 14.3 Å². The largest absolute Gasteiger partial charge is 0.468 e. The van der Waals surface area contributed by atoms with E-state index in [4.69, 9.17) is 9.47 Å². The van der Waals surface area contributed by atoms with Crippen LogP contribution in [0.15, 0.2) is 0 Å². The Labute approximate surface area is 123 Å². The second-order valence-corrected chi connectivity index (χ2v) is 5.82. The number of ether oxygens (including phenoxy) is 2.